The maximum absolute atomic E-state index is 10.6. The topological polar surface area (TPSA) is 35.5 Å². The minimum atomic E-state index is -0.429. The molecule has 0 saturated heterocycles. The molecule has 0 heterocycles. The fourth-order valence-electron chi connectivity index (χ4n) is 0.877. The van der Waals surface area contributed by atoms with Gasteiger partial charge in [0, 0.05) is 6.08 Å². The third kappa shape index (κ3) is 5.52. The average molecular weight is 207 g/mol. The van der Waals surface area contributed by atoms with Crippen LogP contribution in [0.4, 0.5) is 0 Å². The number of para-hydroxylation sites is 1. The monoisotopic (exact) mass is 207 g/mol. The lowest BCUT2D eigenvalue weighted by Gasteiger charge is -2.05. The summed E-state index contributed by atoms with van der Waals surface area (Å²) < 4.78 is 10.0. The van der Waals surface area contributed by atoms with E-state index in [9.17, 15) is 4.79 Å². The Labute approximate surface area is 90.3 Å². The molecule has 1 rings (SSSR count). The van der Waals surface area contributed by atoms with E-state index in [2.05, 4.69) is 6.58 Å². The molecule has 3 heteroatoms. The Bertz CT molecular complexity index is 293. The third-order valence-corrected chi connectivity index (χ3v) is 1.51. The first-order valence-corrected chi connectivity index (χ1v) is 4.30. The quantitative estimate of drug-likeness (QED) is 0.321. The lowest BCUT2D eigenvalue weighted by molar-refractivity contribution is -0.138. The molecule has 0 aliphatic carbocycles. The van der Waals surface area contributed by atoms with Crippen molar-refractivity contribution in [2.24, 2.45) is 0 Å². The third-order valence-electron chi connectivity index (χ3n) is 1.51. The van der Waals surface area contributed by atoms with Gasteiger partial charge < -0.3 is 16.9 Å². The van der Waals surface area contributed by atoms with E-state index in [1.807, 2.05) is 30.3 Å². The van der Waals surface area contributed by atoms with Crippen molar-refractivity contribution in [3.05, 3.63) is 50.4 Å². The summed E-state index contributed by atoms with van der Waals surface area (Å²) in [6, 6.07) is 9.35. The van der Waals surface area contributed by atoms with Crippen molar-refractivity contribution < 1.29 is 14.3 Å². The van der Waals surface area contributed by atoms with E-state index in [0.29, 0.717) is 6.61 Å². The molecule has 0 aromatic heterocycles. The standard InChI is InChI=1S/C11H12O3.CH3/c1-2-11(12)14-9-8-13-10-6-4-3-5-7-10;/h2-7H,1,8-9H2;1H3/q;-1. The van der Waals surface area contributed by atoms with E-state index < -0.39 is 5.97 Å². The summed E-state index contributed by atoms with van der Waals surface area (Å²) >= 11 is 0. The largest absolute Gasteiger partial charge is 0.490 e. The van der Waals surface area contributed by atoms with Crippen molar-refractivity contribution in [3.8, 4) is 5.75 Å². The predicted octanol–water partition coefficient (Wildman–Crippen LogP) is 2.24. The summed E-state index contributed by atoms with van der Waals surface area (Å²) in [5.74, 6) is 0.337. The Hall–Kier alpha value is -1.77. The van der Waals surface area contributed by atoms with Gasteiger partial charge in [0.15, 0.2) is 0 Å². The van der Waals surface area contributed by atoms with Gasteiger partial charge in [0.1, 0.15) is 19.0 Å². The predicted molar refractivity (Wildman–Crippen MR) is 59.5 cm³/mol. The maximum atomic E-state index is 10.6. The van der Waals surface area contributed by atoms with Gasteiger partial charge in [-0.15, -0.1) is 0 Å². The highest BCUT2D eigenvalue weighted by atomic mass is 16.6. The highest BCUT2D eigenvalue weighted by Crippen LogP contribution is 2.07. The molecular formula is C12H15O3-. The van der Waals surface area contributed by atoms with E-state index in [1.165, 1.54) is 0 Å². The Kier molecular flexibility index (Phi) is 6.72. The number of hydrogen-bond acceptors (Lipinski definition) is 3. The zero-order chi connectivity index (χ0) is 10.2. The number of hydrogen-bond donors (Lipinski definition) is 0. The van der Waals surface area contributed by atoms with Crippen LogP contribution in [-0.4, -0.2) is 19.2 Å². The van der Waals surface area contributed by atoms with Crippen molar-refractivity contribution in [2.45, 2.75) is 0 Å². The number of ether oxygens (including phenoxy) is 2. The highest BCUT2D eigenvalue weighted by Gasteiger charge is 1.95. The van der Waals surface area contributed by atoms with Crippen LogP contribution in [-0.2, 0) is 9.53 Å². The Morgan fingerprint density at radius 2 is 1.93 bits per heavy atom. The van der Waals surface area contributed by atoms with Crippen LogP contribution in [0.15, 0.2) is 43.0 Å². The van der Waals surface area contributed by atoms with Crippen molar-refractivity contribution in [3.63, 3.8) is 0 Å². The molecule has 0 radical (unpaired) electrons. The van der Waals surface area contributed by atoms with E-state index in [1.54, 1.807) is 0 Å². The molecule has 0 atom stereocenters. The van der Waals surface area contributed by atoms with Crippen LogP contribution in [0.2, 0.25) is 0 Å². The second-order valence-corrected chi connectivity index (χ2v) is 2.53. The zero-order valence-electron chi connectivity index (χ0n) is 8.81. The SMILES string of the molecule is C=CC(=O)OCCOc1ccccc1.[CH3-]. The number of benzene rings is 1. The van der Waals surface area contributed by atoms with Crippen LogP contribution in [0.5, 0.6) is 5.75 Å². The van der Waals surface area contributed by atoms with Crippen LogP contribution < -0.4 is 4.74 Å². The smallest absolute Gasteiger partial charge is 0.330 e. The molecule has 0 N–H and O–H groups in total. The molecule has 0 bridgehead atoms. The van der Waals surface area contributed by atoms with E-state index >= 15 is 0 Å². The van der Waals surface area contributed by atoms with Crippen LogP contribution >= 0.6 is 0 Å². The van der Waals surface area contributed by atoms with E-state index in [-0.39, 0.29) is 14.0 Å². The first kappa shape index (κ1) is 13.2. The Morgan fingerprint density at radius 1 is 1.27 bits per heavy atom. The van der Waals surface area contributed by atoms with Crippen molar-refractivity contribution in [2.75, 3.05) is 13.2 Å². The van der Waals surface area contributed by atoms with Crippen LogP contribution in [0, 0.1) is 7.43 Å². The summed E-state index contributed by atoms with van der Waals surface area (Å²) in [7, 11) is 0. The number of carbonyl (C=O) groups is 1. The highest BCUT2D eigenvalue weighted by molar-refractivity contribution is 5.81. The van der Waals surface area contributed by atoms with Crippen molar-refractivity contribution in [1.82, 2.24) is 0 Å². The zero-order valence-corrected chi connectivity index (χ0v) is 8.81. The molecule has 0 amide bonds. The molecule has 0 spiro atoms. The van der Waals surface area contributed by atoms with Gasteiger partial charge in [-0.3, -0.25) is 0 Å². The average Bonchev–Trinajstić information content (AvgIpc) is 2.25. The second-order valence-electron chi connectivity index (χ2n) is 2.53. The maximum Gasteiger partial charge on any atom is 0.330 e. The number of esters is 1. The molecule has 15 heavy (non-hydrogen) atoms. The minimum absolute atomic E-state index is 0. The molecule has 0 unspecified atom stereocenters. The summed E-state index contributed by atoms with van der Waals surface area (Å²) in [6.45, 7) is 3.87. The molecule has 82 valence electrons. The van der Waals surface area contributed by atoms with Crippen molar-refractivity contribution >= 4 is 5.97 Å². The Morgan fingerprint density at radius 3 is 2.53 bits per heavy atom. The van der Waals surface area contributed by atoms with Gasteiger partial charge >= 0.3 is 5.97 Å². The van der Waals surface area contributed by atoms with Gasteiger partial charge in [-0.25, -0.2) is 4.79 Å². The van der Waals surface area contributed by atoms with Gasteiger partial charge in [0.05, 0.1) is 0 Å². The summed E-state index contributed by atoms with van der Waals surface area (Å²) in [4.78, 5) is 10.6. The first-order valence-electron chi connectivity index (χ1n) is 4.30. The van der Waals surface area contributed by atoms with Gasteiger partial charge in [-0.1, -0.05) is 24.8 Å². The fourth-order valence-corrected chi connectivity index (χ4v) is 0.877. The summed E-state index contributed by atoms with van der Waals surface area (Å²) in [5.41, 5.74) is 0. The molecule has 0 fully saturated rings. The van der Waals surface area contributed by atoms with Crippen molar-refractivity contribution in [1.29, 1.82) is 0 Å². The van der Waals surface area contributed by atoms with E-state index in [4.69, 9.17) is 9.47 Å². The minimum Gasteiger partial charge on any atom is -0.490 e. The van der Waals surface area contributed by atoms with Gasteiger partial charge in [0.25, 0.3) is 0 Å². The molecule has 0 aliphatic rings. The molecule has 0 aliphatic heterocycles. The molecular weight excluding hydrogens is 192 g/mol. The lowest BCUT2D eigenvalue weighted by atomic mass is 10.3. The fraction of sp³-hybridized carbons (Fsp3) is 0.167. The van der Waals surface area contributed by atoms with Crippen LogP contribution in [0.1, 0.15) is 0 Å². The molecule has 1 aromatic rings. The van der Waals surface area contributed by atoms with E-state index in [0.717, 1.165) is 11.8 Å². The normalized spacial score (nSPS) is 8.53. The summed E-state index contributed by atoms with van der Waals surface area (Å²) in [6.07, 6.45) is 1.13. The van der Waals surface area contributed by atoms with Crippen LogP contribution in [0.25, 0.3) is 0 Å². The van der Waals surface area contributed by atoms with Gasteiger partial charge in [-0.05, 0) is 12.1 Å². The Balaban J connectivity index is 0.00000196. The van der Waals surface area contributed by atoms with Gasteiger partial charge in [0.2, 0.25) is 0 Å². The number of rotatable bonds is 5. The first-order chi connectivity index (χ1) is 6.83. The molecule has 3 nitrogen and oxygen atoms in total. The van der Waals surface area contributed by atoms with Crippen LogP contribution in [0.3, 0.4) is 0 Å². The number of carbonyl (C=O) groups excluding carboxylic acids is 1. The van der Waals surface area contributed by atoms with Gasteiger partial charge in [-0.2, -0.15) is 0 Å². The lowest BCUT2D eigenvalue weighted by Crippen LogP contribution is -2.09. The second kappa shape index (κ2) is 7.62. The summed E-state index contributed by atoms with van der Waals surface area (Å²) in [5, 5.41) is 0. The molecule has 0 saturated carbocycles. The molecule has 1 aromatic carbocycles.